The van der Waals surface area contributed by atoms with E-state index in [9.17, 15) is 9.59 Å². The predicted octanol–water partition coefficient (Wildman–Crippen LogP) is 4.41. The first kappa shape index (κ1) is 21.8. The highest BCUT2D eigenvalue weighted by atomic mass is 16.5. The summed E-state index contributed by atoms with van der Waals surface area (Å²) in [6.07, 6.45) is 4.72. The maximum Gasteiger partial charge on any atom is 0.331 e. The van der Waals surface area contributed by atoms with Gasteiger partial charge < -0.3 is 14.2 Å². The van der Waals surface area contributed by atoms with Crippen molar-refractivity contribution >= 4 is 11.9 Å². The van der Waals surface area contributed by atoms with Crippen molar-refractivity contribution in [3.63, 3.8) is 0 Å². The van der Waals surface area contributed by atoms with Crippen molar-refractivity contribution in [2.45, 2.75) is 31.8 Å². The van der Waals surface area contributed by atoms with E-state index in [1.54, 1.807) is 6.92 Å². The van der Waals surface area contributed by atoms with Crippen LogP contribution in [-0.2, 0) is 29.4 Å². The van der Waals surface area contributed by atoms with Crippen LogP contribution >= 0.6 is 0 Å². The van der Waals surface area contributed by atoms with Gasteiger partial charge in [-0.05, 0) is 43.2 Å². The van der Waals surface area contributed by atoms with Crippen LogP contribution in [0.5, 0.6) is 0 Å². The molecule has 1 aliphatic heterocycles. The molecule has 1 heterocycles. The summed E-state index contributed by atoms with van der Waals surface area (Å²) in [4.78, 5) is 23.0. The first-order valence-electron chi connectivity index (χ1n) is 10.4. The lowest BCUT2D eigenvalue weighted by Gasteiger charge is -2.36. The van der Waals surface area contributed by atoms with Crippen molar-refractivity contribution in [1.82, 2.24) is 0 Å². The molecule has 1 saturated heterocycles. The molecule has 0 spiro atoms. The average Bonchev–Trinajstić information content (AvgIpc) is 3.21. The van der Waals surface area contributed by atoms with E-state index in [0.717, 1.165) is 36.1 Å². The molecule has 1 atom stereocenters. The van der Waals surface area contributed by atoms with Crippen LogP contribution in [0.1, 0.15) is 37.3 Å². The molecule has 5 heteroatoms. The van der Waals surface area contributed by atoms with Gasteiger partial charge in [0, 0.05) is 18.8 Å². The van der Waals surface area contributed by atoms with Crippen molar-refractivity contribution < 1.29 is 23.8 Å². The molecule has 0 aliphatic carbocycles. The minimum atomic E-state index is -0.548. The largest absolute Gasteiger partial charge is 0.463 e. The molecular weight excluding hydrogens is 380 g/mol. The van der Waals surface area contributed by atoms with Crippen LogP contribution in [0.25, 0.3) is 0 Å². The Morgan fingerprint density at radius 1 is 0.967 bits per heavy atom. The summed E-state index contributed by atoms with van der Waals surface area (Å²) in [5.41, 5.74) is 1.80. The molecule has 0 amide bonds. The summed E-state index contributed by atoms with van der Waals surface area (Å²) < 4.78 is 16.4. The average molecular weight is 408 g/mol. The smallest absolute Gasteiger partial charge is 0.331 e. The summed E-state index contributed by atoms with van der Waals surface area (Å²) >= 11 is 0. The maximum atomic E-state index is 11.8. The molecule has 2 aromatic carbocycles. The number of esters is 2. The fourth-order valence-corrected chi connectivity index (χ4v) is 4.08. The minimum Gasteiger partial charge on any atom is -0.463 e. The number of benzene rings is 2. The van der Waals surface area contributed by atoms with E-state index in [4.69, 9.17) is 14.2 Å². The third kappa shape index (κ3) is 5.16. The van der Waals surface area contributed by atoms with Crippen LogP contribution < -0.4 is 0 Å². The van der Waals surface area contributed by atoms with Gasteiger partial charge in [0.1, 0.15) is 5.60 Å². The third-order valence-electron chi connectivity index (χ3n) is 5.36. The number of carbonyl (C=O) groups is 2. The zero-order valence-corrected chi connectivity index (χ0v) is 17.3. The monoisotopic (exact) mass is 408 g/mol. The normalized spacial score (nSPS) is 17.7. The molecule has 0 bridgehead atoms. The molecule has 5 nitrogen and oxygen atoms in total. The molecule has 0 radical (unpaired) electrons. The molecule has 30 heavy (non-hydrogen) atoms. The quantitative estimate of drug-likeness (QED) is 0.349. The van der Waals surface area contributed by atoms with Gasteiger partial charge in [0.2, 0.25) is 0 Å². The first-order valence-corrected chi connectivity index (χ1v) is 10.4. The van der Waals surface area contributed by atoms with Gasteiger partial charge in [-0.2, -0.15) is 0 Å². The highest BCUT2D eigenvalue weighted by Gasteiger charge is 2.46. The fraction of sp³-hybridized carbons (Fsp3) is 0.360. The zero-order valence-electron chi connectivity index (χ0n) is 17.3. The zero-order chi connectivity index (χ0) is 21.2. The van der Waals surface area contributed by atoms with Gasteiger partial charge in [-0.15, -0.1) is 0 Å². The highest BCUT2D eigenvalue weighted by Crippen LogP contribution is 2.48. The molecule has 0 aromatic heterocycles. The Kier molecular flexibility index (Phi) is 7.80. The molecule has 158 valence electrons. The summed E-state index contributed by atoms with van der Waals surface area (Å²) in [6.45, 7) is 2.96. The lowest BCUT2D eigenvalue weighted by Crippen LogP contribution is -2.34. The molecule has 2 aromatic rings. The van der Waals surface area contributed by atoms with E-state index in [0.29, 0.717) is 19.6 Å². The molecular formula is C25H28O5. The molecule has 1 fully saturated rings. The lowest BCUT2D eigenvalue weighted by atomic mass is 9.74. The Morgan fingerprint density at radius 3 is 2.10 bits per heavy atom. The Balaban J connectivity index is 1.64. The minimum absolute atomic E-state index is 0.270. The predicted molar refractivity (Wildman–Crippen MR) is 114 cm³/mol. The van der Waals surface area contributed by atoms with Gasteiger partial charge in [0.15, 0.2) is 0 Å². The van der Waals surface area contributed by atoms with Gasteiger partial charge in [0.25, 0.3) is 0 Å². The van der Waals surface area contributed by atoms with Crippen molar-refractivity contribution in [3.8, 4) is 0 Å². The standard InChI is InChI=1S/C25H28O5/c1-2-28-23(26)15-16-24(27)29-18-9-14-22-17-19-30-25(22,20-10-5-3-6-11-20)21-12-7-4-8-13-21/h3-8,10-13,15-16,22H,2,9,14,17-19H2,1H3/b16-15-. The van der Waals surface area contributed by atoms with Crippen LogP contribution in [0.4, 0.5) is 0 Å². The Bertz CT molecular complexity index is 805. The molecule has 1 aliphatic rings. The van der Waals surface area contributed by atoms with E-state index < -0.39 is 17.5 Å². The van der Waals surface area contributed by atoms with Gasteiger partial charge in [-0.25, -0.2) is 9.59 Å². The highest BCUT2D eigenvalue weighted by molar-refractivity contribution is 5.91. The molecule has 3 rings (SSSR count). The number of hydrogen-bond donors (Lipinski definition) is 0. The topological polar surface area (TPSA) is 61.8 Å². The number of ether oxygens (including phenoxy) is 3. The van der Waals surface area contributed by atoms with E-state index in [2.05, 4.69) is 24.3 Å². The molecule has 0 N–H and O–H groups in total. The van der Waals surface area contributed by atoms with Crippen molar-refractivity contribution in [2.24, 2.45) is 5.92 Å². The van der Waals surface area contributed by atoms with Crippen molar-refractivity contribution in [3.05, 3.63) is 83.9 Å². The number of carbonyl (C=O) groups excluding carboxylic acids is 2. The second-order valence-electron chi connectivity index (χ2n) is 7.20. The summed E-state index contributed by atoms with van der Waals surface area (Å²) in [5, 5.41) is 0. The van der Waals surface area contributed by atoms with Gasteiger partial charge in [-0.3, -0.25) is 0 Å². The van der Waals surface area contributed by atoms with Gasteiger partial charge in [-0.1, -0.05) is 60.7 Å². The van der Waals surface area contributed by atoms with Crippen LogP contribution in [-0.4, -0.2) is 31.8 Å². The van der Waals surface area contributed by atoms with Crippen LogP contribution in [0.15, 0.2) is 72.8 Å². The summed E-state index contributed by atoms with van der Waals surface area (Å²) in [5.74, 6) is -0.813. The third-order valence-corrected chi connectivity index (χ3v) is 5.36. The van der Waals surface area contributed by atoms with Crippen LogP contribution in [0.3, 0.4) is 0 Å². The van der Waals surface area contributed by atoms with Gasteiger partial charge in [0.05, 0.1) is 13.2 Å². The second kappa shape index (κ2) is 10.7. The second-order valence-corrected chi connectivity index (χ2v) is 7.20. The van der Waals surface area contributed by atoms with E-state index in [1.807, 2.05) is 36.4 Å². The fourth-order valence-electron chi connectivity index (χ4n) is 4.08. The molecule has 0 saturated carbocycles. The SMILES string of the molecule is CCOC(=O)/C=C\C(=O)OCCCC1CCOC1(c1ccccc1)c1ccccc1. The van der Waals surface area contributed by atoms with Crippen molar-refractivity contribution in [1.29, 1.82) is 0 Å². The summed E-state index contributed by atoms with van der Waals surface area (Å²) in [7, 11) is 0. The molecule has 1 unspecified atom stereocenters. The van der Waals surface area contributed by atoms with Gasteiger partial charge >= 0.3 is 11.9 Å². The van der Waals surface area contributed by atoms with Crippen LogP contribution in [0, 0.1) is 5.92 Å². The summed E-state index contributed by atoms with van der Waals surface area (Å²) in [6, 6.07) is 20.6. The lowest BCUT2D eigenvalue weighted by molar-refractivity contribution is -0.140. The van der Waals surface area contributed by atoms with E-state index in [1.165, 1.54) is 0 Å². The first-order chi connectivity index (χ1) is 14.7. The number of hydrogen-bond acceptors (Lipinski definition) is 5. The van der Waals surface area contributed by atoms with Crippen LogP contribution in [0.2, 0.25) is 0 Å². The van der Waals surface area contributed by atoms with E-state index >= 15 is 0 Å². The number of rotatable bonds is 9. The van der Waals surface area contributed by atoms with E-state index in [-0.39, 0.29) is 12.5 Å². The maximum absolute atomic E-state index is 11.8. The Labute approximate surface area is 177 Å². The Hall–Kier alpha value is -2.92. The van der Waals surface area contributed by atoms with Crippen molar-refractivity contribution in [2.75, 3.05) is 19.8 Å². The Morgan fingerprint density at radius 2 is 1.53 bits per heavy atom.